The fourth-order valence-corrected chi connectivity index (χ4v) is 4.42. The van der Waals surface area contributed by atoms with Crippen LogP contribution in [0.15, 0.2) is 42.5 Å². The summed E-state index contributed by atoms with van der Waals surface area (Å²) in [4.78, 5) is 48.9. The number of carbonyl (C=O) groups excluding carboxylic acids is 4. The Kier molecular flexibility index (Phi) is 12.8. The van der Waals surface area contributed by atoms with E-state index in [9.17, 15) is 19.2 Å². The molecule has 0 unspecified atom stereocenters. The van der Waals surface area contributed by atoms with Crippen LogP contribution < -0.4 is 15.5 Å². The Morgan fingerprint density at radius 1 is 1.05 bits per heavy atom. The number of ketones is 2. The van der Waals surface area contributed by atoms with Crippen molar-refractivity contribution in [2.75, 3.05) is 31.6 Å². The van der Waals surface area contributed by atoms with Crippen molar-refractivity contribution < 1.29 is 24.3 Å². The van der Waals surface area contributed by atoms with Gasteiger partial charge in [-0.25, -0.2) is 0 Å². The molecule has 1 fully saturated rings. The van der Waals surface area contributed by atoms with Crippen molar-refractivity contribution in [3.8, 4) is 0 Å². The number of hydrogen-bond acceptors (Lipinski definition) is 7. The number of rotatable bonds is 11. The van der Waals surface area contributed by atoms with Gasteiger partial charge in [0.2, 0.25) is 5.91 Å². The van der Waals surface area contributed by atoms with Crippen molar-refractivity contribution in [2.45, 2.75) is 65.0 Å². The minimum absolute atomic E-state index is 0.0677. The van der Waals surface area contributed by atoms with Crippen molar-refractivity contribution in [1.82, 2.24) is 10.6 Å². The Balaban J connectivity index is 0.00000118. The molecule has 1 amide bonds. The Hall–Kier alpha value is -3.36. The van der Waals surface area contributed by atoms with Crippen molar-refractivity contribution in [1.29, 1.82) is 0 Å². The number of aliphatic hydroxyl groups is 1. The SMILES string of the molecule is CC(C)O.CNC(=O)CCC(=O)c1ccc(C2CCN(c3ccc(C(C)=O)cc3)CC2)cc1CNCC=O. The molecule has 1 aliphatic heterocycles. The van der Waals surface area contributed by atoms with Crippen LogP contribution in [0, 0.1) is 0 Å². The zero-order valence-corrected chi connectivity index (χ0v) is 23.0. The molecule has 1 aliphatic rings. The highest BCUT2D eigenvalue weighted by atomic mass is 16.3. The van der Waals surface area contributed by atoms with Crippen LogP contribution in [0.4, 0.5) is 5.69 Å². The monoisotopic (exact) mass is 523 g/mol. The predicted molar refractivity (Wildman–Crippen MR) is 150 cm³/mol. The summed E-state index contributed by atoms with van der Waals surface area (Å²) in [7, 11) is 1.56. The number of piperidine rings is 1. The number of nitrogens with zero attached hydrogens (tertiary/aromatic N) is 1. The topological polar surface area (TPSA) is 116 Å². The molecule has 2 aromatic rings. The predicted octanol–water partition coefficient (Wildman–Crippen LogP) is 3.66. The molecule has 0 saturated carbocycles. The Labute approximate surface area is 225 Å². The van der Waals surface area contributed by atoms with E-state index in [1.54, 1.807) is 27.8 Å². The Morgan fingerprint density at radius 2 is 1.68 bits per heavy atom. The molecule has 206 valence electrons. The van der Waals surface area contributed by atoms with Crippen LogP contribution in [-0.2, 0) is 16.1 Å². The molecule has 0 aliphatic carbocycles. The van der Waals surface area contributed by atoms with Gasteiger partial charge in [-0.3, -0.25) is 14.4 Å². The number of anilines is 1. The molecule has 3 N–H and O–H groups in total. The lowest BCUT2D eigenvalue weighted by atomic mass is 9.86. The molecule has 1 saturated heterocycles. The Morgan fingerprint density at radius 3 is 2.24 bits per heavy atom. The maximum Gasteiger partial charge on any atom is 0.220 e. The average Bonchev–Trinajstić information content (AvgIpc) is 2.91. The second kappa shape index (κ2) is 15.8. The van der Waals surface area contributed by atoms with Crippen molar-refractivity contribution in [3.05, 3.63) is 64.7 Å². The van der Waals surface area contributed by atoms with E-state index in [2.05, 4.69) is 21.6 Å². The molecular formula is C30H41N3O5. The van der Waals surface area contributed by atoms with E-state index >= 15 is 0 Å². The maximum absolute atomic E-state index is 12.8. The third-order valence-electron chi connectivity index (χ3n) is 6.44. The van der Waals surface area contributed by atoms with E-state index < -0.39 is 0 Å². The third-order valence-corrected chi connectivity index (χ3v) is 6.44. The molecule has 0 bridgehead atoms. The summed E-state index contributed by atoms with van der Waals surface area (Å²) in [6.45, 7) is 7.49. The largest absolute Gasteiger partial charge is 0.394 e. The summed E-state index contributed by atoms with van der Waals surface area (Å²) in [5.41, 5.74) is 4.51. The number of hydrogen-bond donors (Lipinski definition) is 3. The summed E-state index contributed by atoms with van der Waals surface area (Å²) in [6.07, 6.45) is 2.92. The minimum Gasteiger partial charge on any atom is -0.394 e. The van der Waals surface area contributed by atoms with Crippen LogP contribution in [0.25, 0.3) is 0 Å². The first-order chi connectivity index (χ1) is 18.2. The van der Waals surface area contributed by atoms with E-state index in [1.807, 2.05) is 36.4 Å². The first kappa shape index (κ1) is 30.9. The zero-order valence-electron chi connectivity index (χ0n) is 23.0. The van der Waals surface area contributed by atoms with Crippen molar-refractivity contribution in [3.63, 3.8) is 0 Å². The number of Topliss-reactive ketones (excluding diaryl/α,β-unsaturated/α-hetero) is 2. The van der Waals surface area contributed by atoms with E-state index in [-0.39, 0.29) is 43.0 Å². The maximum atomic E-state index is 12.8. The molecule has 2 aromatic carbocycles. The van der Waals surface area contributed by atoms with Gasteiger partial charge < -0.3 is 25.4 Å². The van der Waals surface area contributed by atoms with Crippen LogP contribution in [-0.4, -0.2) is 61.7 Å². The highest BCUT2D eigenvalue weighted by molar-refractivity contribution is 5.99. The standard InChI is InChI=1S/C27H33N3O4.C3H8O/c1-19(32)20-3-6-24(7-4-20)30-14-11-21(12-15-30)22-5-8-25(23(17-22)18-29-13-16-31)26(33)9-10-27(34)28-2;1-3(2)4/h3-8,16-17,21,29H,9-15,18H2,1-2H3,(H,28,34);3-4H,1-2H3. The zero-order chi connectivity index (χ0) is 28.1. The van der Waals surface area contributed by atoms with Crippen molar-refractivity contribution >= 4 is 29.4 Å². The number of nitrogens with one attached hydrogen (secondary N) is 2. The van der Waals surface area contributed by atoms with Gasteiger partial charge in [0.1, 0.15) is 6.29 Å². The number of aliphatic hydroxyl groups excluding tert-OH is 1. The molecule has 0 aromatic heterocycles. The lowest BCUT2D eigenvalue weighted by Crippen LogP contribution is -2.33. The fraction of sp³-hybridized carbons (Fsp3) is 0.467. The molecule has 8 heteroatoms. The molecular weight excluding hydrogens is 482 g/mol. The summed E-state index contributed by atoms with van der Waals surface area (Å²) in [5, 5.41) is 13.7. The molecule has 0 spiro atoms. The molecule has 0 atom stereocenters. The normalized spacial score (nSPS) is 13.5. The quantitative estimate of drug-likeness (QED) is 0.234. The summed E-state index contributed by atoms with van der Waals surface area (Å²) < 4.78 is 0. The van der Waals surface area contributed by atoms with Gasteiger partial charge in [-0.2, -0.15) is 0 Å². The van der Waals surface area contributed by atoms with Crippen LogP contribution in [0.2, 0.25) is 0 Å². The van der Waals surface area contributed by atoms with Gasteiger partial charge in [0.05, 0.1) is 6.54 Å². The van der Waals surface area contributed by atoms with Crippen LogP contribution >= 0.6 is 0 Å². The fourth-order valence-electron chi connectivity index (χ4n) is 4.42. The summed E-state index contributed by atoms with van der Waals surface area (Å²) in [5.74, 6) is 0.224. The van der Waals surface area contributed by atoms with Gasteiger partial charge in [0.15, 0.2) is 11.6 Å². The Bertz CT molecular complexity index is 1070. The van der Waals surface area contributed by atoms with Gasteiger partial charge in [0, 0.05) is 62.4 Å². The van der Waals surface area contributed by atoms with Crippen LogP contribution in [0.3, 0.4) is 0 Å². The number of aldehydes is 1. The first-order valence-corrected chi connectivity index (χ1v) is 13.2. The third kappa shape index (κ3) is 9.84. The van der Waals surface area contributed by atoms with Crippen molar-refractivity contribution in [2.24, 2.45) is 0 Å². The lowest BCUT2D eigenvalue weighted by molar-refractivity contribution is -0.120. The van der Waals surface area contributed by atoms with E-state index in [1.165, 1.54) is 5.56 Å². The van der Waals surface area contributed by atoms with Gasteiger partial charge in [-0.1, -0.05) is 18.2 Å². The smallest absolute Gasteiger partial charge is 0.220 e. The summed E-state index contributed by atoms with van der Waals surface area (Å²) in [6, 6.07) is 13.7. The molecule has 3 rings (SSSR count). The van der Waals surface area contributed by atoms with E-state index in [0.717, 1.165) is 49.0 Å². The highest BCUT2D eigenvalue weighted by Crippen LogP contribution is 2.32. The van der Waals surface area contributed by atoms with Gasteiger partial charge >= 0.3 is 0 Å². The second-order valence-electron chi connectivity index (χ2n) is 9.77. The molecule has 1 heterocycles. The second-order valence-corrected chi connectivity index (χ2v) is 9.77. The first-order valence-electron chi connectivity index (χ1n) is 13.2. The van der Waals surface area contributed by atoms with Gasteiger partial charge in [-0.15, -0.1) is 0 Å². The van der Waals surface area contributed by atoms with Crippen LogP contribution in [0.5, 0.6) is 0 Å². The molecule has 38 heavy (non-hydrogen) atoms. The average molecular weight is 524 g/mol. The summed E-state index contributed by atoms with van der Waals surface area (Å²) >= 11 is 0. The van der Waals surface area contributed by atoms with Crippen LogP contribution in [0.1, 0.15) is 84.2 Å². The number of amides is 1. The number of carbonyl (C=O) groups is 4. The van der Waals surface area contributed by atoms with E-state index in [4.69, 9.17) is 5.11 Å². The molecule has 8 nitrogen and oxygen atoms in total. The van der Waals surface area contributed by atoms with Gasteiger partial charge in [-0.05, 0) is 74.9 Å². The molecule has 0 radical (unpaired) electrons. The lowest BCUT2D eigenvalue weighted by Gasteiger charge is -2.34. The van der Waals surface area contributed by atoms with E-state index in [0.29, 0.717) is 18.0 Å². The minimum atomic E-state index is -0.167. The van der Waals surface area contributed by atoms with Gasteiger partial charge in [0.25, 0.3) is 0 Å². The number of benzene rings is 2. The highest BCUT2D eigenvalue weighted by Gasteiger charge is 2.23.